The van der Waals surface area contributed by atoms with Crippen LogP contribution in [0.2, 0.25) is 0 Å². The highest BCUT2D eigenvalue weighted by atomic mass is 32.2. The van der Waals surface area contributed by atoms with E-state index in [9.17, 15) is 19.5 Å². The first kappa shape index (κ1) is 22.9. The van der Waals surface area contributed by atoms with Crippen molar-refractivity contribution in [3.05, 3.63) is 66.7 Å². The molecule has 11 heteroatoms. The van der Waals surface area contributed by atoms with Crippen LogP contribution in [0.3, 0.4) is 0 Å². The van der Waals surface area contributed by atoms with Gasteiger partial charge in [-0.1, -0.05) is 23.9 Å². The monoisotopic (exact) mass is 496 g/mol. The Bertz CT molecular complexity index is 1300. The first-order valence-corrected chi connectivity index (χ1v) is 11.7. The van der Waals surface area contributed by atoms with E-state index in [-0.39, 0.29) is 25.1 Å². The van der Waals surface area contributed by atoms with Gasteiger partial charge in [0.2, 0.25) is 5.91 Å². The summed E-state index contributed by atoms with van der Waals surface area (Å²) in [4.78, 5) is 43.9. The summed E-state index contributed by atoms with van der Waals surface area (Å²) in [5.74, 6) is -1.27. The zero-order valence-corrected chi connectivity index (χ0v) is 19.2. The molecule has 0 radical (unpaired) electrons. The van der Waals surface area contributed by atoms with Crippen LogP contribution in [0.15, 0.2) is 71.0 Å². The highest BCUT2D eigenvalue weighted by Crippen LogP contribution is 2.46. The molecule has 0 bridgehead atoms. The number of imidazole rings is 1. The molecular formula is C24H21FN4O5S. The van der Waals surface area contributed by atoms with Crippen molar-refractivity contribution in [1.29, 1.82) is 0 Å². The number of aliphatic carboxylic acids is 1. The summed E-state index contributed by atoms with van der Waals surface area (Å²) < 4.78 is 22.8. The first-order valence-electron chi connectivity index (χ1n) is 10.9. The number of benzene rings is 2. The van der Waals surface area contributed by atoms with Gasteiger partial charge < -0.3 is 24.6 Å². The Hall–Kier alpha value is -3.86. The Kier molecular flexibility index (Phi) is 5.93. The standard InChI is InChI=1S/C24H21FN4O5S/c25-24(12-28-8-7-26-14-28)10-16(23(32)33)29(13-24)21(30)11-27-22(31)15-5-6-20-18(9-15)34-17-3-1-2-4-19(17)35-20/h1-9,14,16H,10-13H2,(H,27,31)(H,32,33)/t16-,24-/m0/s1. The van der Waals surface area contributed by atoms with Gasteiger partial charge in [0.15, 0.2) is 0 Å². The van der Waals surface area contributed by atoms with E-state index in [0.29, 0.717) is 11.5 Å². The van der Waals surface area contributed by atoms with E-state index in [1.807, 2.05) is 24.3 Å². The Labute approximate surface area is 203 Å². The molecule has 35 heavy (non-hydrogen) atoms. The molecule has 2 amide bonds. The summed E-state index contributed by atoms with van der Waals surface area (Å²) in [6.07, 6.45) is 4.15. The lowest BCUT2D eigenvalue weighted by molar-refractivity contribution is -0.147. The van der Waals surface area contributed by atoms with Gasteiger partial charge >= 0.3 is 5.97 Å². The van der Waals surface area contributed by atoms with Crippen LogP contribution in [0.4, 0.5) is 4.39 Å². The number of hydrogen-bond donors (Lipinski definition) is 2. The highest BCUT2D eigenvalue weighted by molar-refractivity contribution is 7.99. The van der Waals surface area contributed by atoms with E-state index in [2.05, 4.69) is 10.3 Å². The lowest BCUT2D eigenvalue weighted by Crippen LogP contribution is -2.46. The first-order chi connectivity index (χ1) is 16.8. The predicted octanol–water partition coefficient (Wildman–Crippen LogP) is 2.96. The van der Waals surface area contributed by atoms with E-state index < -0.39 is 36.0 Å². The molecule has 2 atom stereocenters. The number of nitrogens with zero attached hydrogens (tertiary/aromatic N) is 3. The van der Waals surface area contributed by atoms with Crippen molar-refractivity contribution in [3.63, 3.8) is 0 Å². The fourth-order valence-electron chi connectivity index (χ4n) is 4.27. The van der Waals surface area contributed by atoms with Crippen LogP contribution < -0.4 is 10.1 Å². The largest absolute Gasteiger partial charge is 0.480 e. The number of amides is 2. The van der Waals surface area contributed by atoms with E-state index in [4.69, 9.17) is 4.74 Å². The Morgan fingerprint density at radius 1 is 1.20 bits per heavy atom. The summed E-state index contributed by atoms with van der Waals surface area (Å²) in [7, 11) is 0. The summed E-state index contributed by atoms with van der Waals surface area (Å²) >= 11 is 1.53. The lowest BCUT2D eigenvalue weighted by Gasteiger charge is -2.23. The number of ether oxygens (including phenoxy) is 1. The third kappa shape index (κ3) is 4.72. The molecule has 2 aliphatic heterocycles. The molecule has 1 fully saturated rings. The average molecular weight is 497 g/mol. The normalized spacial score (nSPS) is 20.5. The zero-order valence-electron chi connectivity index (χ0n) is 18.4. The van der Waals surface area contributed by atoms with Gasteiger partial charge in [0.1, 0.15) is 23.2 Å². The molecule has 3 heterocycles. The molecule has 0 spiro atoms. The number of hydrogen-bond acceptors (Lipinski definition) is 6. The summed E-state index contributed by atoms with van der Waals surface area (Å²) in [5, 5.41) is 12.1. The molecule has 2 N–H and O–H groups in total. The predicted molar refractivity (Wildman–Crippen MR) is 123 cm³/mol. The number of halogens is 1. The van der Waals surface area contributed by atoms with Gasteiger partial charge in [-0.2, -0.15) is 0 Å². The smallest absolute Gasteiger partial charge is 0.326 e. The van der Waals surface area contributed by atoms with Crippen molar-refractivity contribution in [2.75, 3.05) is 13.1 Å². The van der Waals surface area contributed by atoms with Gasteiger partial charge in [0, 0.05) is 24.4 Å². The van der Waals surface area contributed by atoms with Gasteiger partial charge in [-0.15, -0.1) is 0 Å². The second kappa shape index (κ2) is 9.06. The van der Waals surface area contributed by atoms with E-state index in [0.717, 1.165) is 14.7 Å². The van der Waals surface area contributed by atoms with Gasteiger partial charge in [0.25, 0.3) is 5.91 Å². The lowest BCUT2D eigenvalue weighted by atomic mass is 10.0. The van der Waals surface area contributed by atoms with Gasteiger partial charge in [-0.05, 0) is 30.3 Å². The van der Waals surface area contributed by atoms with Gasteiger partial charge in [-0.3, -0.25) is 9.59 Å². The molecule has 9 nitrogen and oxygen atoms in total. The molecule has 1 aromatic heterocycles. The molecule has 0 unspecified atom stereocenters. The number of para-hydroxylation sites is 1. The topological polar surface area (TPSA) is 114 Å². The van der Waals surface area contributed by atoms with E-state index >= 15 is 4.39 Å². The minimum atomic E-state index is -1.92. The van der Waals surface area contributed by atoms with E-state index in [1.54, 1.807) is 24.4 Å². The number of carboxylic acids is 1. The molecule has 2 aromatic carbocycles. The van der Waals surface area contributed by atoms with Crippen LogP contribution in [-0.4, -0.2) is 62.1 Å². The second-order valence-electron chi connectivity index (χ2n) is 8.46. The molecule has 180 valence electrons. The average Bonchev–Trinajstić information content (AvgIpc) is 3.48. The molecule has 3 aromatic rings. The van der Waals surface area contributed by atoms with Crippen LogP contribution in [0, 0.1) is 0 Å². The molecule has 0 saturated carbocycles. The number of aromatic nitrogens is 2. The number of likely N-dealkylation sites (tertiary alicyclic amines) is 1. The molecule has 0 aliphatic carbocycles. The number of fused-ring (bicyclic) bond motifs is 2. The Morgan fingerprint density at radius 3 is 2.77 bits per heavy atom. The van der Waals surface area contributed by atoms with E-state index in [1.165, 1.54) is 28.9 Å². The minimum absolute atomic E-state index is 0.122. The highest BCUT2D eigenvalue weighted by Gasteiger charge is 2.49. The van der Waals surface area contributed by atoms with Crippen LogP contribution in [0.5, 0.6) is 11.5 Å². The number of nitrogens with one attached hydrogen (secondary N) is 1. The summed E-state index contributed by atoms with van der Waals surface area (Å²) in [6.45, 7) is -0.970. The zero-order chi connectivity index (χ0) is 24.6. The Balaban J connectivity index is 1.23. The molecule has 5 rings (SSSR count). The SMILES string of the molecule is O=C(NCC(=O)N1C[C@@](F)(Cn2ccnc2)C[C@H]1C(=O)O)c1ccc2c(c1)Oc1ccccc1S2. The summed E-state index contributed by atoms with van der Waals surface area (Å²) in [6, 6.07) is 11.2. The van der Waals surface area contributed by atoms with Gasteiger partial charge in [-0.25, -0.2) is 14.2 Å². The fraction of sp³-hybridized carbons (Fsp3) is 0.250. The fourth-order valence-corrected chi connectivity index (χ4v) is 5.20. The van der Waals surface area contributed by atoms with Crippen molar-refractivity contribution in [1.82, 2.24) is 19.8 Å². The molecule has 1 saturated heterocycles. The molecular weight excluding hydrogens is 475 g/mol. The number of carbonyl (C=O) groups is 3. The van der Waals surface area contributed by atoms with Gasteiger partial charge in [0.05, 0.1) is 35.8 Å². The number of carbonyl (C=O) groups excluding carboxylic acids is 2. The number of rotatable bonds is 6. The van der Waals surface area contributed by atoms with Crippen molar-refractivity contribution in [2.24, 2.45) is 0 Å². The van der Waals surface area contributed by atoms with Crippen LogP contribution >= 0.6 is 11.8 Å². The maximum Gasteiger partial charge on any atom is 0.326 e. The molecule has 2 aliphatic rings. The second-order valence-corrected chi connectivity index (χ2v) is 9.54. The maximum atomic E-state index is 15.4. The van der Waals surface area contributed by atoms with Crippen molar-refractivity contribution >= 4 is 29.5 Å². The minimum Gasteiger partial charge on any atom is -0.480 e. The quantitative estimate of drug-likeness (QED) is 0.422. The Morgan fingerprint density at radius 2 is 2.00 bits per heavy atom. The number of alkyl halides is 1. The third-order valence-corrected chi connectivity index (χ3v) is 7.03. The van der Waals surface area contributed by atoms with Crippen molar-refractivity contribution in [3.8, 4) is 11.5 Å². The summed E-state index contributed by atoms with van der Waals surface area (Å²) in [5.41, 5.74) is -1.64. The maximum absolute atomic E-state index is 15.4. The van der Waals surface area contributed by atoms with Crippen molar-refractivity contribution in [2.45, 2.75) is 34.5 Å². The van der Waals surface area contributed by atoms with Crippen LogP contribution in [0.1, 0.15) is 16.8 Å². The van der Waals surface area contributed by atoms with Crippen LogP contribution in [-0.2, 0) is 16.1 Å². The number of carboxylic acid groups (broad SMARTS) is 1. The van der Waals surface area contributed by atoms with Crippen molar-refractivity contribution < 1.29 is 28.6 Å². The third-order valence-electron chi connectivity index (χ3n) is 5.91. The van der Waals surface area contributed by atoms with Crippen LogP contribution in [0.25, 0.3) is 0 Å².